The van der Waals surface area contributed by atoms with E-state index in [1.807, 2.05) is 33.0 Å². The fourth-order valence-electron chi connectivity index (χ4n) is 2.47. The van der Waals surface area contributed by atoms with Crippen LogP contribution in [0.25, 0.3) is 11.4 Å². The number of benzene rings is 1. The van der Waals surface area contributed by atoms with Gasteiger partial charge in [0.1, 0.15) is 11.6 Å². The molecule has 2 aromatic rings. The topological polar surface area (TPSA) is 58.0 Å². The third-order valence-electron chi connectivity index (χ3n) is 3.83. The Kier molecular flexibility index (Phi) is 3.77. The summed E-state index contributed by atoms with van der Waals surface area (Å²) in [4.78, 5) is 9.42. The van der Waals surface area contributed by atoms with Gasteiger partial charge in [-0.2, -0.15) is 0 Å². The van der Waals surface area contributed by atoms with Gasteiger partial charge >= 0.3 is 0 Å². The molecule has 21 heavy (non-hydrogen) atoms. The molecule has 1 fully saturated rings. The molecule has 0 atom stereocenters. The highest BCUT2D eigenvalue weighted by Crippen LogP contribution is 2.43. The van der Waals surface area contributed by atoms with Gasteiger partial charge in [0, 0.05) is 18.5 Å². The van der Waals surface area contributed by atoms with Crippen LogP contribution in [-0.4, -0.2) is 22.1 Å². The lowest BCUT2D eigenvalue weighted by Crippen LogP contribution is -2.05. The molecule has 0 radical (unpaired) electrons. The molecule has 0 spiro atoms. The van der Waals surface area contributed by atoms with E-state index in [2.05, 4.69) is 32.9 Å². The third kappa shape index (κ3) is 2.71. The summed E-state index contributed by atoms with van der Waals surface area (Å²) in [5.74, 6) is 2.53. The summed E-state index contributed by atoms with van der Waals surface area (Å²) in [5, 5.41) is 13.1. The minimum atomic E-state index is 0.348. The summed E-state index contributed by atoms with van der Waals surface area (Å²) in [5.41, 5.74) is 3.81. The first kappa shape index (κ1) is 14.6. The normalized spacial score (nSPS) is 14.3. The number of nitrogens with zero attached hydrogens (tertiary/aromatic N) is 2. The van der Waals surface area contributed by atoms with Gasteiger partial charge in [-0.3, -0.25) is 0 Å². The zero-order chi connectivity index (χ0) is 15.1. The van der Waals surface area contributed by atoms with E-state index in [0.717, 1.165) is 37.6 Å². The maximum atomic E-state index is 9.92. The lowest BCUT2D eigenvalue weighted by molar-refractivity contribution is 0.467. The molecule has 0 amide bonds. The van der Waals surface area contributed by atoms with Crippen LogP contribution < -0.4 is 5.32 Å². The van der Waals surface area contributed by atoms with Crippen molar-refractivity contribution < 1.29 is 5.11 Å². The quantitative estimate of drug-likeness (QED) is 0.772. The van der Waals surface area contributed by atoms with Crippen LogP contribution in [-0.2, 0) is 0 Å². The number of rotatable bonds is 3. The van der Waals surface area contributed by atoms with Crippen molar-refractivity contribution in [1.82, 2.24) is 9.97 Å². The van der Waals surface area contributed by atoms with Crippen LogP contribution in [0.3, 0.4) is 0 Å². The van der Waals surface area contributed by atoms with Gasteiger partial charge in [-0.15, -0.1) is 0 Å². The van der Waals surface area contributed by atoms with Crippen LogP contribution in [0.15, 0.2) is 12.1 Å². The van der Waals surface area contributed by atoms with E-state index in [0.29, 0.717) is 11.7 Å². The standard InChI is InChI=1S/C16H18IN3O/c1-8-6-11(7-9(2)14(8)21)15-19-13(10-4-5-10)12(17)16(18-3)20-15/h6-7,10,21H,4-5H2,1-3H3,(H,18,19,20). The van der Waals surface area contributed by atoms with Crippen LogP contribution in [0.4, 0.5) is 5.82 Å². The summed E-state index contributed by atoms with van der Waals surface area (Å²) in [7, 11) is 1.89. The molecular weight excluding hydrogens is 377 g/mol. The van der Waals surface area contributed by atoms with E-state index in [-0.39, 0.29) is 0 Å². The molecule has 1 heterocycles. The van der Waals surface area contributed by atoms with Gasteiger partial charge in [-0.25, -0.2) is 9.97 Å². The first-order chi connectivity index (χ1) is 10.0. The summed E-state index contributed by atoms with van der Waals surface area (Å²) in [6.07, 6.45) is 2.42. The number of aromatic nitrogens is 2. The predicted molar refractivity (Wildman–Crippen MR) is 92.8 cm³/mol. The molecule has 0 aliphatic heterocycles. The molecule has 1 aliphatic carbocycles. The maximum Gasteiger partial charge on any atom is 0.161 e. The average molecular weight is 395 g/mol. The molecule has 3 rings (SSSR count). The van der Waals surface area contributed by atoms with Crippen molar-refractivity contribution in [2.75, 3.05) is 12.4 Å². The second kappa shape index (κ2) is 5.44. The number of hydrogen-bond donors (Lipinski definition) is 2. The van der Waals surface area contributed by atoms with Crippen molar-refractivity contribution in [1.29, 1.82) is 0 Å². The van der Waals surface area contributed by atoms with Crippen molar-refractivity contribution in [2.24, 2.45) is 0 Å². The Bertz CT molecular complexity index is 688. The van der Waals surface area contributed by atoms with Gasteiger partial charge in [0.2, 0.25) is 0 Å². The number of nitrogens with one attached hydrogen (secondary N) is 1. The Balaban J connectivity index is 2.16. The summed E-state index contributed by atoms with van der Waals surface area (Å²) < 4.78 is 1.12. The molecule has 1 saturated carbocycles. The Morgan fingerprint density at radius 1 is 1.19 bits per heavy atom. The highest BCUT2D eigenvalue weighted by Gasteiger charge is 2.29. The number of aromatic hydroxyl groups is 1. The molecule has 0 unspecified atom stereocenters. The van der Waals surface area contributed by atoms with Crippen LogP contribution in [0.5, 0.6) is 5.75 Å². The van der Waals surface area contributed by atoms with E-state index in [4.69, 9.17) is 4.98 Å². The van der Waals surface area contributed by atoms with Crippen molar-refractivity contribution in [3.63, 3.8) is 0 Å². The van der Waals surface area contributed by atoms with Gasteiger partial charge in [-0.05, 0) is 72.5 Å². The van der Waals surface area contributed by atoms with Crippen molar-refractivity contribution >= 4 is 28.4 Å². The van der Waals surface area contributed by atoms with Crippen molar-refractivity contribution in [2.45, 2.75) is 32.6 Å². The summed E-state index contributed by atoms with van der Waals surface area (Å²) in [6, 6.07) is 3.89. The van der Waals surface area contributed by atoms with E-state index in [1.54, 1.807) is 0 Å². The highest BCUT2D eigenvalue weighted by atomic mass is 127. The molecule has 5 heteroatoms. The number of hydrogen-bond acceptors (Lipinski definition) is 4. The van der Waals surface area contributed by atoms with Gasteiger partial charge < -0.3 is 10.4 Å². The molecule has 4 nitrogen and oxygen atoms in total. The molecule has 1 aromatic heterocycles. The monoisotopic (exact) mass is 395 g/mol. The number of halogens is 1. The zero-order valence-electron chi connectivity index (χ0n) is 12.4. The molecule has 1 aliphatic rings. The highest BCUT2D eigenvalue weighted by molar-refractivity contribution is 14.1. The Labute approximate surface area is 138 Å². The second-order valence-corrected chi connectivity index (χ2v) is 6.66. The van der Waals surface area contributed by atoms with Gasteiger partial charge in [0.15, 0.2) is 5.82 Å². The Hall–Kier alpha value is -1.37. The molecule has 0 bridgehead atoms. The van der Waals surface area contributed by atoms with Crippen molar-refractivity contribution in [3.05, 3.63) is 32.5 Å². The van der Waals surface area contributed by atoms with Crippen LogP contribution in [0, 0.1) is 17.4 Å². The Morgan fingerprint density at radius 3 is 2.33 bits per heavy atom. The smallest absolute Gasteiger partial charge is 0.161 e. The SMILES string of the molecule is CNc1nc(-c2cc(C)c(O)c(C)c2)nc(C2CC2)c1I. The molecule has 1 aromatic carbocycles. The number of anilines is 1. The van der Waals surface area contributed by atoms with E-state index in [1.165, 1.54) is 12.8 Å². The Morgan fingerprint density at radius 2 is 1.81 bits per heavy atom. The molecule has 110 valence electrons. The molecule has 2 N–H and O–H groups in total. The summed E-state index contributed by atoms with van der Waals surface area (Å²) >= 11 is 2.32. The number of phenols is 1. The van der Waals surface area contributed by atoms with E-state index in [9.17, 15) is 5.11 Å². The minimum absolute atomic E-state index is 0.348. The van der Waals surface area contributed by atoms with Gasteiger partial charge in [-0.1, -0.05) is 0 Å². The average Bonchev–Trinajstić information content (AvgIpc) is 3.29. The largest absolute Gasteiger partial charge is 0.507 e. The van der Waals surface area contributed by atoms with Crippen molar-refractivity contribution in [3.8, 4) is 17.1 Å². The first-order valence-corrected chi connectivity index (χ1v) is 8.15. The predicted octanol–water partition coefficient (Wildman–Crippen LogP) is 3.99. The third-order valence-corrected chi connectivity index (χ3v) is 4.89. The summed E-state index contributed by atoms with van der Waals surface area (Å²) in [6.45, 7) is 3.80. The minimum Gasteiger partial charge on any atom is -0.507 e. The maximum absolute atomic E-state index is 9.92. The zero-order valence-corrected chi connectivity index (χ0v) is 14.5. The lowest BCUT2D eigenvalue weighted by atomic mass is 10.1. The molecule has 0 saturated heterocycles. The number of aryl methyl sites for hydroxylation is 2. The van der Waals surface area contributed by atoms with Gasteiger partial charge in [0.05, 0.1) is 9.26 Å². The first-order valence-electron chi connectivity index (χ1n) is 7.07. The van der Waals surface area contributed by atoms with E-state index < -0.39 is 0 Å². The fourth-order valence-corrected chi connectivity index (χ4v) is 3.42. The number of phenolic OH excluding ortho intramolecular Hbond substituents is 1. The second-order valence-electron chi connectivity index (χ2n) is 5.58. The van der Waals surface area contributed by atoms with Crippen LogP contribution in [0.2, 0.25) is 0 Å². The van der Waals surface area contributed by atoms with Crippen LogP contribution >= 0.6 is 22.6 Å². The van der Waals surface area contributed by atoms with E-state index >= 15 is 0 Å². The molecular formula is C16H18IN3O. The lowest BCUT2D eigenvalue weighted by Gasteiger charge is -2.12. The van der Waals surface area contributed by atoms with Crippen LogP contribution in [0.1, 0.15) is 35.6 Å². The van der Waals surface area contributed by atoms with Gasteiger partial charge in [0.25, 0.3) is 0 Å². The fraction of sp³-hybridized carbons (Fsp3) is 0.375.